The Kier molecular flexibility index (Phi) is 5.56. The second kappa shape index (κ2) is 7.41. The Labute approximate surface area is 125 Å². The number of ether oxygens (including phenoxy) is 1. The van der Waals surface area contributed by atoms with Crippen LogP contribution in [0.5, 0.6) is 5.75 Å². The lowest BCUT2D eigenvalue weighted by Crippen LogP contribution is -2.12. The number of aromatic nitrogens is 1. The molecular weight excluding hydrogens is 268 g/mol. The molecule has 20 heavy (non-hydrogen) atoms. The Bertz CT molecular complexity index is 537. The number of rotatable bonds is 7. The van der Waals surface area contributed by atoms with E-state index in [1.807, 2.05) is 32.2 Å². The third kappa shape index (κ3) is 4.62. The average Bonchev–Trinajstić information content (AvgIpc) is 2.86. The molecule has 1 heterocycles. The minimum absolute atomic E-state index is 0.209. The molecule has 0 saturated heterocycles. The molecule has 0 atom stereocenters. The SMILES string of the molecule is CCc1cnc(CNCc2cccc(OC(C)C)c2)s1. The van der Waals surface area contributed by atoms with E-state index in [-0.39, 0.29) is 6.10 Å². The van der Waals surface area contributed by atoms with Crippen molar-refractivity contribution in [1.82, 2.24) is 10.3 Å². The first-order valence-electron chi connectivity index (χ1n) is 7.07. The maximum Gasteiger partial charge on any atom is 0.120 e. The van der Waals surface area contributed by atoms with Gasteiger partial charge in [0, 0.05) is 24.2 Å². The van der Waals surface area contributed by atoms with E-state index in [1.165, 1.54) is 10.4 Å². The molecule has 0 spiro atoms. The first-order valence-corrected chi connectivity index (χ1v) is 7.89. The van der Waals surface area contributed by atoms with Crippen LogP contribution in [0.2, 0.25) is 0 Å². The van der Waals surface area contributed by atoms with Crippen LogP contribution in [0.15, 0.2) is 30.5 Å². The third-order valence-corrected chi connectivity index (χ3v) is 3.97. The van der Waals surface area contributed by atoms with Crippen molar-refractivity contribution in [2.24, 2.45) is 0 Å². The van der Waals surface area contributed by atoms with E-state index in [1.54, 1.807) is 11.3 Å². The number of aryl methyl sites for hydroxylation is 1. The van der Waals surface area contributed by atoms with Crippen LogP contribution in [-0.2, 0) is 19.5 Å². The first kappa shape index (κ1) is 15.0. The van der Waals surface area contributed by atoms with E-state index < -0.39 is 0 Å². The van der Waals surface area contributed by atoms with Gasteiger partial charge in [0.15, 0.2) is 0 Å². The largest absolute Gasteiger partial charge is 0.491 e. The highest BCUT2D eigenvalue weighted by Crippen LogP contribution is 2.16. The van der Waals surface area contributed by atoms with Crippen LogP contribution in [-0.4, -0.2) is 11.1 Å². The Hall–Kier alpha value is -1.39. The summed E-state index contributed by atoms with van der Waals surface area (Å²) in [7, 11) is 0. The summed E-state index contributed by atoms with van der Waals surface area (Å²) in [4.78, 5) is 5.75. The molecule has 108 valence electrons. The molecule has 0 aliphatic carbocycles. The zero-order valence-electron chi connectivity index (χ0n) is 12.3. The summed E-state index contributed by atoms with van der Waals surface area (Å²) in [5, 5.41) is 4.58. The summed E-state index contributed by atoms with van der Waals surface area (Å²) in [5.41, 5.74) is 1.23. The summed E-state index contributed by atoms with van der Waals surface area (Å²) in [6, 6.07) is 8.23. The first-order chi connectivity index (χ1) is 9.67. The lowest BCUT2D eigenvalue weighted by molar-refractivity contribution is 0.242. The van der Waals surface area contributed by atoms with E-state index in [2.05, 4.69) is 29.4 Å². The standard InChI is InChI=1S/C16H22N2OS/c1-4-15-10-18-16(20-15)11-17-9-13-6-5-7-14(8-13)19-12(2)3/h5-8,10,12,17H,4,9,11H2,1-3H3. The quantitative estimate of drug-likeness (QED) is 0.842. The summed E-state index contributed by atoms with van der Waals surface area (Å²) in [5.74, 6) is 0.932. The van der Waals surface area contributed by atoms with Crippen LogP contribution in [0.4, 0.5) is 0 Å². The molecule has 4 heteroatoms. The van der Waals surface area contributed by atoms with Crippen molar-refractivity contribution < 1.29 is 4.74 Å². The van der Waals surface area contributed by atoms with Gasteiger partial charge < -0.3 is 10.1 Å². The molecule has 0 radical (unpaired) electrons. The van der Waals surface area contributed by atoms with Crippen molar-refractivity contribution in [3.05, 3.63) is 45.9 Å². The smallest absolute Gasteiger partial charge is 0.120 e. The van der Waals surface area contributed by atoms with Crippen LogP contribution in [0.25, 0.3) is 0 Å². The minimum atomic E-state index is 0.209. The van der Waals surface area contributed by atoms with Gasteiger partial charge in [0.05, 0.1) is 6.10 Å². The summed E-state index contributed by atoms with van der Waals surface area (Å²) in [6.45, 7) is 7.89. The molecule has 2 aromatic rings. The van der Waals surface area contributed by atoms with Crippen LogP contribution in [0.1, 0.15) is 36.2 Å². The van der Waals surface area contributed by atoms with Gasteiger partial charge in [-0.05, 0) is 38.0 Å². The molecule has 0 aliphatic rings. The highest BCUT2D eigenvalue weighted by Gasteiger charge is 2.02. The number of hydrogen-bond donors (Lipinski definition) is 1. The second-order valence-electron chi connectivity index (χ2n) is 4.99. The summed E-state index contributed by atoms with van der Waals surface area (Å²) < 4.78 is 5.70. The number of benzene rings is 1. The van der Waals surface area contributed by atoms with Crippen molar-refractivity contribution in [3.63, 3.8) is 0 Å². The van der Waals surface area contributed by atoms with E-state index in [0.717, 1.165) is 30.3 Å². The van der Waals surface area contributed by atoms with Gasteiger partial charge in [-0.15, -0.1) is 11.3 Å². The second-order valence-corrected chi connectivity index (χ2v) is 6.19. The Morgan fingerprint density at radius 2 is 2.15 bits per heavy atom. The zero-order valence-corrected chi connectivity index (χ0v) is 13.2. The summed E-state index contributed by atoms with van der Waals surface area (Å²) in [6.07, 6.45) is 3.24. The van der Waals surface area contributed by atoms with E-state index >= 15 is 0 Å². The van der Waals surface area contributed by atoms with Gasteiger partial charge in [0.1, 0.15) is 10.8 Å². The Morgan fingerprint density at radius 3 is 2.85 bits per heavy atom. The van der Waals surface area contributed by atoms with E-state index in [4.69, 9.17) is 4.74 Å². The molecule has 0 fully saturated rings. The summed E-state index contributed by atoms with van der Waals surface area (Å²) >= 11 is 1.78. The Morgan fingerprint density at radius 1 is 1.30 bits per heavy atom. The number of nitrogens with zero attached hydrogens (tertiary/aromatic N) is 1. The van der Waals surface area contributed by atoms with Gasteiger partial charge in [-0.3, -0.25) is 0 Å². The lowest BCUT2D eigenvalue weighted by Gasteiger charge is -2.11. The fourth-order valence-corrected chi connectivity index (χ4v) is 2.74. The molecular formula is C16H22N2OS. The average molecular weight is 290 g/mol. The predicted molar refractivity (Wildman–Crippen MR) is 84.2 cm³/mol. The monoisotopic (exact) mass is 290 g/mol. The van der Waals surface area contributed by atoms with Crippen molar-refractivity contribution in [3.8, 4) is 5.75 Å². The normalized spacial score (nSPS) is 11.0. The van der Waals surface area contributed by atoms with Gasteiger partial charge in [-0.1, -0.05) is 19.1 Å². The minimum Gasteiger partial charge on any atom is -0.491 e. The molecule has 1 N–H and O–H groups in total. The molecule has 0 bridgehead atoms. The molecule has 0 saturated carbocycles. The topological polar surface area (TPSA) is 34.2 Å². The molecule has 1 aromatic heterocycles. The fraction of sp³-hybridized carbons (Fsp3) is 0.438. The number of hydrogen-bond acceptors (Lipinski definition) is 4. The van der Waals surface area contributed by atoms with Crippen LogP contribution in [0.3, 0.4) is 0 Å². The third-order valence-electron chi connectivity index (χ3n) is 2.83. The van der Waals surface area contributed by atoms with Crippen molar-refractivity contribution in [1.29, 1.82) is 0 Å². The highest BCUT2D eigenvalue weighted by atomic mass is 32.1. The Balaban J connectivity index is 1.84. The van der Waals surface area contributed by atoms with Gasteiger partial charge in [-0.2, -0.15) is 0 Å². The van der Waals surface area contributed by atoms with Crippen molar-refractivity contribution in [2.75, 3.05) is 0 Å². The maximum absolute atomic E-state index is 5.70. The molecule has 3 nitrogen and oxygen atoms in total. The zero-order chi connectivity index (χ0) is 14.4. The van der Waals surface area contributed by atoms with Crippen molar-refractivity contribution >= 4 is 11.3 Å². The van der Waals surface area contributed by atoms with Crippen LogP contribution < -0.4 is 10.1 Å². The predicted octanol–water partition coefficient (Wildman–Crippen LogP) is 3.78. The van der Waals surface area contributed by atoms with Gasteiger partial charge in [-0.25, -0.2) is 4.98 Å². The fourth-order valence-electron chi connectivity index (χ4n) is 1.91. The molecule has 0 aliphatic heterocycles. The number of nitrogens with one attached hydrogen (secondary N) is 1. The highest BCUT2D eigenvalue weighted by molar-refractivity contribution is 7.11. The van der Waals surface area contributed by atoms with Gasteiger partial charge >= 0.3 is 0 Å². The van der Waals surface area contributed by atoms with Gasteiger partial charge in [0.25, 0.3) is 0 Å². The lowest BCUT2D eigenvalue weighted by atomic mass is 10.2. The van der Waals surface area contributed by atoms with Crippen LogP contribution >= 0.6 is 11.3 Å². The molecule has 0 unspecified atom stereocenters. The van der Waals surface area contributed by atoms with E-state index in [0.29, 0.717) is 0 Å². The van der Waals surface area contributed by atoms with Crippen molar-refractivity contribution in [2.45, 2.75) is 46.4 Å². The van der Waals surface area contributed by atoms with Gasteiger partial charge in [0.2, 0.25) is 0 Å². The van der Waals surface area contributed by atoms with E-state index in [9.17, 15) is 0 Å². The molecule has 2 rings (SSSR count). The molecule has 0 amide bonds. The molecule has 1 aromatic carbocycles. The maximum atomic E-state index is 5.70. The van der Waals surface area contributed by atoms with Crippen LogP contribution in [0, 0.1) is 0 Å². The number of thiazole rings is 1.